The number of fused-ring (bicyclic) bond motifs is 1. The Morgan fingerprint density at radius 1 is 1.44 bits per heavy atom. The van der Waals surface area contributed by atoms with E-state index >= 15 is 0 Å². The molecule has 1 aromatic carbocycles. The summed E-state index contributed by atoms with van der Waals surface area (Å²) in [6, 6.07) is 8.56. The van der Waals surface area contributed by atoms with Crippen molar-refractivity contribution in [3.05, 3.63) is 39.8 Å². The van der Waals surface area contributed by atoms with Gasteiger partial charge in [-0.3, -0.25) is 0 Å². The molecule has 0 spiro atoms. The molecule has 1 aromatic heterocycles. The first kappa shape index (κ1) is 12.1. The van der Waals surface area contributed by atoms with Crippen LogP contribution in [0.2, 0.25) is 0 Å². The molecule has 5 heteroatoms. The summed E-state index contributed by atoms with van der Waals surface area (Å²) in [4.78, 5) is 6.81. The number of para-hydroxylation sites is 1. The lowest BCUT2D eigenvalue weighted by atomic mass is 9.98. The van der Waals surface area contributed by atoms with Crippen molar-refractivity contribution in [3.8, 4) is 0 Å². The lowest BCUT2D eigenvalue weighted by Crippen LogP contribution is -2.17. The van der Waals surface area contributed by atoms with E-state index in [0.29, 0.717) is 5.92 Å². The molecule has 0 bridgehead atoms. The number of hydrogen-bond acceptors (Lipinski definition) is 4. The third-order valence-corrected chi connectivity index (χ3v) is 4.85. The van der Waals surface area contributed by atoms with Gasteiger partial charge in [0.05, 0.1) is 0 Å². The van der Waals surface area contributed by atoms with Crippen molar-refractivity contribution in [2.24, 2.45) is 5.73 Å². The Kier molecular flexibility index (Phi) is 3.37. The largest absolute Gasteiger partial charge is 0.330 e. The molecule has 1 aliphatic rings. The van der Waals surface area contributed by atoms with Gasteiger partial charge < -0.3 is 10.6 Å². The topological polar surface area (TPSA) is 42.1 Å². The molecule has 3 rings (SSSR count). The molecule has 1 unspecified atom stereocenters. The highest BCUT2D eigenvalue weighted by atomic mass is 79.9. The average molecular weight is 324 g/mol. The summed E-state index contributed by atoms with van der Waals surface area (Å²) in [6.45, 7) is 1.71. The summed E-state index contributed by atoms with van der Waals surface area (Å²) >= 11 is 5.08. The standard InChI is InChI=1S/C13H14BrN3S/c14-12-8-18-13(16-12)17-7-9(5-6-15)10-3-1-2-4-11(10)17/h1-4,8-9H,5-7,15H2. The third kappa shape index (κ3) is 2.06. The molecule has 94 valence electrons. The number of hydrogen-bond donors (Lipinski definition) is 1. The van der Waals surface area contributed by atoms with E-state index in [2.05, 4.69) is 50.1 Å². The van der Waals surface area contributed by atoms with Crippen molar-refractivity contribution < 1.29 is 0 Å². The molecular weight excluding hydrogens is 310 g/mol. The van der Waals surface area contributed by atoms with E-state index in [1.807, 2.05) is 5.38 Å². The van der Waals surface area contributed by atoms with Gasteiger partial charge in [-0.1, -0.05) is 18.2 Å². The van der Waals surface area contributed by atoms with Crippen LogP contribution in [0, 0.1) is 0 Å². The van der Waals surface area contributed by atoms with Crippen LogP contribution < -0.4 is 10.6 Å². The fraction of sp³-hybridized carbons (Fsp3) is 0.308. The van der Waals surface area contributed by atoms with Crippen LogP contribution in [0.3, 0.4) is 0 Å². The minimum atomic E-state index is 0.522. The van der Waals surface area contributed by atoms with E-state index in [9.17, 15) is 0 Å². The highest BCUT2D eigenvalue weighted by Gasteiger charge is 2.29. The van der Waals surface area contributed by atoms with Crippen molar-refractivity contribution in [1.82, 2.24) is 4.98 Å². The van der Waals surface area contributed by atoms with Gasteiger partial charge in [0.2, 0.25) is 0 Å². The van der Waals surface area contributed by atoms with Crippen LogP contribution in [0.1, 0.15) is 17.9 Å². The molecule has 0 radical (unpaired) electrons. The van der Waals surface area contributed by atoms with E-state index in [0.717, 1.165) is 29.2 Å². The lowest BCUT2D eigenvalue weighted by Gasteiger charge is -2.16. The van der Waals surface area contributed by atoms with Crippen LogP contribution in [0.15, 0.2) is 34.2 Å². The Labute approximate surface area is 119 Å². The van der Waals surface area contributed by atoms with Gasteiger partial charge in [-0.15, -0.1) is 11.3 Å². The number of anilines is 2. The average Bonchev–Trinajstić information content (AvgIpc) is 2.95. The number of halogens is 1. The SMILES string of the molecule is NCCC1CN(c2nc(Br)cs2)c2ccccc21. The number of rotatable bonds is 3. The van der Waals surface area contributed by atoms with Gasteiger partial charge in [0.15, 0.2) is 5.13 Å². The van der Waals surface area contributed by atoms with Crippen molar-refractivity contribution in [1.29, 1.82) is 0 Å². The Hall–Kier alpha value is -0.910. The second kappa shape index (κ2) is 4.99. The van der Waals surface area contributed by atoms with Crippen LogP contribution in [0.5, 0.6) is 0 Å². The number of benzene rings is 1. The predicted molar refractivity (Wildman–Crippen MR) is 79.7 cm³/mol. The quantitative estimate of drug-likeness (QED) is 0.940. The third-order valence-electron chi connectivity index (χ3n) is 3.28. The zero-order valence-electron chi connectivity index (χ0n) is 9.84. The van der Waals surface area contributed by atoms with E-state index in [1.165, 1.54) is 11.3 Å². The number of nitrogens with zero attached hydrogens (tertiary/aromatic N) is 2. The number of aromatic nitrogens is 1. The molecule has 0 saturated carbocycles. The van der Waals surface area contributed by atoms with Gasteiger partial charge in [0.25, 0.3) is 0 Å². The number of thiazole rings is 1. The molecule has 2 N–H and O–H groups in total. The summed E-state index contributed by atoms with van der Waals surface area (Å²) < 4.78 is 0.905. The first-order valence-electron chi connectivity index (χ1n) is 5.97. The Balaban J connectivity index is 1.99. The fourth-order valence-electron chi connectivity index (χ4n) is 2.49. The van der Waals surface area contributed by atoms with Crippen molar-refractivity contribution >= 4 is 38.1 Å². The van der Waals surface area contributed by atoms with Crippen LogP contribution in [0.25, 0.3) is 0 Å². The van der Waals surface area contributed by atoms with Crippen LogP contribution in [0.4, 0.5) is 10.8 Å². The molecule has 0 aliphatic carbocycles. The second-order valence-corrected chi connectivity index (χ2v) is 6.05. The van der Waals surface area contributed by atoms with E-state index < -0.39 is 0 Å². The van der Waals surface area contributed by atoms with E-state index in [-0.39, 0.29) is 0 Å². The molecule has 18 heavy (non-hydrogen) atoms. The summed E-state index contributed by atoms with van der Waals surface area (Å²) in [5, 5.41) is 3.07. The maximum absolute atomic E-state index is 5.71. The smallest absolute Gasteiger partial charge is 0.190 e. The Morgan fingerprint density at radius 3 is 3.00 bits per heavy atom. The lowest BCUT2D eigenvalue weighted by molar-refractivity contribution is 0.668. The predicted octanol–water partition coefficient (Wildman–Crippen LogP) is 3.49. The zero-order valence-corrected chi connectivity index (χ0v) is 12.2. The number of nitrogens with two attached hydrogens (primary N) is 1. The van der Waals surface area contributed by atoms with Gasteiger partial charge in [-0.25, -0.2) is 4.98 Å². The summed E-state index contributed by atoms with van der Waals surface area (Å²) in [6.07, 6.45) is 1.03. The van der Waals surface area contributed by atoms with Gasteiger partial charge in [0, 0.05) is 23.5 Å². The minimum absolute atomic E-state index is 0.522. The van der Waals surface area contributed by atoms with Gasteiger partial charge >= 0.3 is 0 Å². The normalized spacial score (nSPS) is 18.1. The first-order valence-corrected chi connectivity index (χ1v) is 7.64. The van der Waals surface area contributed by atoms with Gasteiger partial charge in [0.1, 0.15) is 4.60 Å². The molecule has 0 saturated heterocycles. The molecule has 2 heterocycles. The minimum Gasteiger partial charge on any atom is -0.330 e. The molecule has 1 atom stereocenters. The summed E-state index contributed by atoms with van der Waals surface area (Å²) in [5.41, 5.74) is 8.39. The monoisotopic (exact) mass is 323 g/mol. The molecule has 1 aliphatic heterocycles. The first-order chi connectivity index (χ1) is 8.79. The highest BCUT2D eigenvalue weighted by molar-refractivity contribution is 9.10. The molecule has 2 aromatic rings. The second-order valence-electron chi connectivity index (χ2n) is 4.40. The highest BCUT2D eigenvalue weighted by Crippen LogP contribution is 2.43. The van der Waals surface area contributed by atoms with E-state index in [1.54, 1.807) is 11.3 Å². The van der Waals surface area contributed by atoms with Gasteiger partial charge in [-0.2, -0.15) is 0 Å². The van der Waals surface area contributed by atoms with E-state index in [4.69, 9.17) is 5.73 Å². The Morgan fingerprint density at radius 2 is 2.28 bits per heavy atom. The van der Waals surface area contributed by atoms with Crippen molar-refractivity contribution in [3.63, 3.8) is 0 Å². The Bertz CT molecular complexity index is 555. The molecule has 0 amide bonds. The molecule has 3 nitrogen and oxygen atoms in total. The van der Waals surface area contributed by atoms with Crippen LogP contribution >= 0.6 is 27.3 Å². The van der Waals surface area contributed by atoms with Crippen LogP contribution in [-0.2, 0) is 0 Å². The summed E-state index contributed by atoms with van der Waals surface area (Å²) in [5.74, 6) is 0.522. The molecule has 0 fully saturated rings. The van der Waals surface area contributed by atoms with Crippen molar-refractivity contribution in [2.75, 3.05) is 18.0 Å². The summed E-state index contributed by atoms with van der Waals surface area (Å²) in [7, 11) is 0. The zero-order chi connectivity index (χ0) is 12.5. The molecular formula is C13H14BrN3S. The maximum atomic E-state index is 5.71. The fourth-order valence-corrected chi connectivity index (χ4v) is 3.77. The van der Waals surface area contributed by atoms with Crippen molar-refractivity contribution in [2.45, 2.75) is 12.3 Å². The van der Waals surface area contributed by atoms with Gasteiger partial charge in [-0.05, 0) is 40.5 Å². The van der Waals surface area contributed by atoms with Crippen LogP contribution in [-0.4, -0.2) is 18.1 Å². The maximum Gasteiger partial charge on any atom is 0.190 e.